The first kappa shape index (κ1) is 25.4. The van der Waals surface area contributed by atoms with Gasteiger partial charge in [-0.25, -0.2) is 0 Å². The molecule has 0 aliphatic rings. The number of aryl methyl sites for hydroxylation is 1. The Hall–Kier alpha value is -1.84. The van der Waals surface area contributed by atoms with E-state index in [4.69, 9.17) is 9.47 Å². The fraction of sp³-hybridized carbons (Fsp3) is 0.571. The predicted molar refractivity (Wildman–Crippen MR) is 132 cm³/mol. The van der Waals surface area contributed by atoms with Crippen LogP contribution in [-0.4, -0.2) is 44.9 Å². The summed E-state index contributed by atoms with van der Waals surface area (Å²) in [5.74, 6) is 0.975. The number of ether oxygens (including phenoxy) is 2. The summed E-state index contributed by atoms with van der Waals surface area (Å²) in [5, 5.41) is 0. The molecule has 172 valence electrons. The maximum atomic E-state index is 6.10. The Balaban J connectivity index is 1.79. The number of rotatable bonds is 11. The molecule has 0 saturated heterocycles. The Morgan fingerprint density at radius 2 is 1.52 bits per heavy atom. The average molecular weight is 427 g/mol. The van der Waals surface area contributed by atoms with Crippen LogP contribution in [0.25, 0.3) is 0 Å². The molecule has 2 aromatic carbocycles. The van der Waals surface area contributed by atoms with Crippen LogP contribution in [-0.2, 0) is 16.7 Å². The van der Waals surface area contributed by atoms with Gasteiger partial charge in [0.25, 0.3) is 0 Å². The molecule has 0 spiro atoms. The van der Waals surface area contributed by atoms with Gasteiger partial charge in [-0.1, -0.05) is 77.1 Å². The Kier molecular flexibility index (Phi) is 8.73. The topological polar surface area (TPSA) is 18.5 Å². The molecular formula is C28H44NO2+. The van der Waals surface area contributed by atoms with E-state index in [-0.39, 0.29) is 10.8 Å². The highest BCUT2D eigenvalue weighted by atomic mass is 16.5. The highest BCUT2D eigenvalue weighted by Crippen LogP contribution is 2.37. The van der Waals surface area contributed by atoms with Gasteiger partial charge in [-0.15, -0.1) is 0 Å². The fourth-order valence-electron chi connectivity index (χ4n) is 4.39. The smallest absolute Gasteiger partial charge is 0.122 e. The molecule has 0 aliphatic carbocycles. The van der Waals surface area contributed by atoms with Crippen molar-refractivity contribution in [1.82, 2.24) is 0 Å². The molecule has 0 aliphatic heterocycles. The van der Waals surface area contributed by atoms with Crippen LogP contribution in [0.3, 0.4) is 0 Å². The van der Waals surface area contributed by atoms with Crippen LogP contribution in [0.1, 0.15) is 57.7 Å². The number of hydrogen-bond acceptors (Lipinski definition) is 2. The molecule has 0 N–H and O–H groups in total. The molecule has 31 heavy (non-hydrogen) atoms. The van der Waals surface area contributed by atoms with Crippen LogP contribution in [0.15, 0.2) is 48.5 Å². The molecule has 0 saturated carbocycles. The maximum absolute atomic E-state index is 6.10. The molecule has 0 radical (unpaired) electrons. The SMILES string of the molecule is Cc1ccc(C(C)(C)CC(C)(C)C)cc1OCCOCC[N+](C)(C)Cc1ccccc1. The lowest BCUT2D eigenvalue weighted by atomic mass is 9.72. The van der Waals surface area contributed by atoms with Crippen molar-refractivity contribution < 1.29 is 14.0 Å². The van der Waals surface area contributed by atoms with Crippen molar-refractivity contribution in [3.8, 4) is 5.75 Å². The third-order valence-electron chi connectivity index (χ3n) is 5.72. The van der Waals surface area contributed by atoms with E-state index in [9.17, 15) is 0 Å². The summed E-state index contributed by atoms with van der Waals surface area (Å²) in [4.78, 5) is 0. The fourth-order valence-corrected chi connectivity index (χ4v) is 4.39. The molecule has 2 aromatic rings. The second-order valence-electron chi connectivity index (χ2n) is 11.4. The third kappa shape index (κ3) is 9.04. The molecule has 0 heterocycles. The lowest BCUT2D eigenvalue weighted by molar-refractivity contribution is -0.904. The largest absolute Gasteiger partial charge is 0.491 e. The third-order valence-corrected chi connectivity index (χ3v) is 5.72. The standard InChI is InChI=1S/C28H44NO2/c1-23-14-15-25(28(5,6)22-27(2,3)4)20-26(23)31-19-18-30-17-16-29(7,8)21-24-12-10-9-11-13-24/h9-15,20H,16-19,21-22H2,1-8H3/q+1. The molecule has 0 aromatic heterocycles. The summed E-state index contributed by atoms with van der Waals surface area (Å²) in [6, 6.07) is 17.3. The Bertz CT molecular complexity index is 804. The van der Waals surface area contributed by atoms with Gasteiger partial charge in [0.2, 0.25) is 0 Å². The molecule has 2 rings (SSSR count). The van der Waals surface area contributed by atoms with Crippen LogP contribution in [0.4, 0.5) is 0 Å². The van der Waals surface area contributed by atoms with E-state index in [1.165, 1.54) is 16.7 Å². The minimum atomic E-state index is 0.114. The Labute approximate surface area is 191 Å². The van der Waals surface area contributed by atoms with Gasteiger partial charge in [-0.2, -0.15) is 0 Å². The lowest BCUT2D eigenvalue weighted by Gasteiger charge is -2.33. The zero-order valence-corrected chi connectivity index (χ0v) is 21.1. The van der Waals surface area contributed by atoms with Gasteiger partial charge in [-0.05, 0) is 41.4 Å². The van der Waals surface area contributed by atoms with Gasteiger partial charge < -0.3 is 14.0 Å². The summed E-state index contributed by atoms with van der Waals surface area (Å²) in [7, 11) is 4.50. The van der Waals surface area contributed by atoms with Crippen LogP contribution in [0.5, 0.6) is 5.75 Å². The number of benzene rings is 2. The summed E-state index contributed by atoms with van der Waals surface area (Å²) in [6.45, 7) is 17.6. The number of nitrogens with zero attached hydrogens (tertiary/aromatic N) is 1. The summed E-state index contributed by atoms with van der Waals surface area (Å²) >= 11 is 0. The first-order valence-corrected chi connectivity index (χ1v) is 11.6. The first-order chi connectivity index (χ1) is 14.4. The highest BCUT2D eigenvalue weighted by Gasteiger charge is 2.27. The number of likely N-dealkylation sites (N-methyl/N-ethyl adjacent to an activating group) is 1. The molecule has 0 bridgehead atoms. The first-order valence-electron chi connectivity index (χ1n) is 11.6. The summed E-state index contributed by atoms with van der Waals surface area (Å²) in [5.41, 5.74) is 4.28. The van der Waals surface area contributed by atoms with Crippen LogP contribution < -0.4 is 4.74 Å². The Morgan fingerprint density at radius 3 is 2.16 bits per heavy atom. The molecule has 3 heteroatoms. The molecular weight excluding hydrogens is 382 g/mol. The van der Waals surface area contributed by atoms with E-state index >= 15 is 0 Å². The quantitative estimate of drug-likeness (QED) is 0.306. The summed E-state index contributed by atoms with van der Waals surface area (Å²) < 4.78 is 12.9. The van der Waals surface area contributed by atoms with E-state index in [0.717, 1.165) is 36.3 Å². The number of hydrogen-bond donors (Lipinski definition) is 0. The Morgan fingerprint density at radius 1 is 0.839 bits per heavy atom. The van der Waals surface area contributed by atoms with Crippen molar-refractivity contribution in [1.29, 1.82) is 0 Å². The van der Waals surface area contributed by atoms with Crippen molar-refractivity contribution in [3.63, 3.8) is 0 Å². The van der Waals surface area contributed by atoms with Crippen LogP contribution >= 0.6 is 0 Å². The molecule has 0 atom stereocenters. The van der Waals surface area contributed by atoms with Gasteiger partial charge >= 0.3 is 0 Å². The van der Waals surface area contributed by atoms with Gasteiger partial charge in [-0.3, -0.25) is 0 Å². The van der Waals surface area contributed by atoms with Crippen LogP contribution in [0, 0.1) is 12.3 Å². The molecule has 0 fully saturated rings. The lowest BCUT2D eigenvalue weighted by Crippen LogP contribution is -2.41. The zero-order chi connectivity index (χ0) is 23.1. The van der Waals surface area contributed by atoms with E-state index < -0.39 is 0 Å². The van der Waals surface area contributed by atoms with Crippen molar-refractivity contribution in [2.75, 3.05) is 40.5 Å². The van der Waals surface area contributed by atoms with E-state index in [1.807, 2.05) is 0 Å². The van der Waals surface area contributed by atoms with Gasteiger partial charge in [0.1, 0.15) is 25.4 Å². The monoisotopic (exact) mass is 426 g/mol. The predicted octanol–water partition coefficient (Wildman–Crippen LogP) is 6.38. The second kappa shape index (κ2) is 10.7. The van der Waals surface area contributed by atoms with Crippen molar-refractivity contribution in [2.24, 2.45) is 5.41 Å². The average Bonchev–Trinajstić information content (AvgIpc) is 2.64. The van der Waals surface area contributed by atoms with Crippen LogP contribution in [0.2, 0.25) is 0 Å². The van der Waals surface area contributed by atoms with Crippen molar-refractivity contribution in [2.45, 2.75) is 59.9 Å². The maximum Gasteiger partial charge on any atom is 0.122 e. The zero-order valence-electron chi connectivity index (χ0n) is 21.1. The summed E-state index contributed by atoms with van der Waals surface area (Å²) in [6.07, 6.45) is 1.13. The normalized spacial score (nSPS) is 12.8. The van der Waals surface area contributed by atoms with Gasteiger partial charge in [0.05, 0.1) is 27.3 Å². The van der Waals surface area contributed by atoms with Gasteiger partial charge in [0, 0.05) is 5.56 Å². The molecule has 3 nitrogen and oxygen atoms in total. The molecule has 0 unspecified atom stereocenters. The van der Waals surface area contributed by atoms with Crippen molar-refractivity contribution in [3.05, 3.63) is 65.2 Å². The highest BCUT2D eigenvalue weighted by molar-refractivity contribution is 5.39. The number of quaternary nitrogens is 1. The minimum Gasteiger partial charge on any atom is -0.491 e. The van der Waals surface area contributed by atoms with E-state index in [1.54, 1.807) is 0 Å². The minimum absolute atomic E-state index is 0.114. The molecule has 0 amide bonds. The van der Waals surface area contributed by atoms with Crippen molar-refractivity contribution >= 4 is 0 Å². The second-order valence-corrected chi connectivity index (χ2v) is 11.4. The van der Waals surface area contributed by atoms with E-state index in [0.29, 0.717) is 13.2 Å². The van der Waals surface area contributed by atoms with Gasteiger partial charge in [0.15, 0.2) is 0 Å². The van der Waals surface area contributed by atoms with E-state index in [2.05, 4.69) is 104 Å².